The molecule has 2 aliphatic rings. The number of rotatable bonds is 4. The summed E-state index contributed by atoms with van der Waals surface area (Å²) < 4.78 is 13.2. The molecule has 5 heteroatoms. The van der Waals surface area contributed by atoms with Gasteiger partial charge in [0.05, 0.1) is 5.92 Å². The van der Waals surface area contributed by atoms with Crippen LogP contribution in [0.25, 0.3) is 0 Å². The number of halogens is 1. The van der Waals surface area contributed by atoms with Gasteiger partial charge in [-0.15, -0.1) is 0 Å². The van der Waals surface area contributed by atoms with Gasteiger partial charge in [-0.2, -0.15) is 0 Å². The zero-order chi connectivity index (χ0) is 15.0. The van der Waals surface area contributed by atoms with E-state index in [1.54, 1.807) is 6.07 Å². The van der Waals surface area contributed by atoms with Crippen LogP contribution in [0.2, 0.25) is 0 Å². The molecule has 2 saturated carbocycles. The summed E-state index contributed by atoms with van der Waals surface area (Å²) in [7, 11) is 0. The Hall–Kier alpha value is -1.91. The molecule has 21 heavy (non-hydrogen) atoms. The molecule has 2 aliphatic carbocycles. The van der Waals surface area contributed by atoms with Crippen LogP contribution in [0.3, 0.4) is 0 Å². The van der Waals surface area contributed by atoms with Crippen LogP contribution in [-0.2, 0) is 9.59 Å². The minimum atomic E-state index is -0.811. The highest BCUT2D eigenvalue weighted by atomic mass is 19.1. The maximum atomic E-state index is 13.2. The molecule has 2 N–H and O–H groups in total. The molecule has 3 rings (SSSR count). The summed E-state index contributed by atoms with van der Waals surface area (Å²) >= 11 is 0. The first kappa shape index (κ1) is 14.0. The predicted molar refractivity (Wildman–Crippen MR) is 74.2 cm³/mol. The summed E-state index contributed by atoms with van der Waals surface area (Å²) in [6.07, 6.45) is 2.47. The number of amides is 1. The Morgan fingerprint density at radius 2 is 1.95 bits per heavy atom. The minimum Gasteiger partial charge on any atom is -0.481 e. The summed E-state index contributed by atoms with van der Waals surface area (Å²) in [4.78, 5) is 23.0. The summed E-state index contributed by atoms with van der Waals surface area (Å²) in [5.41, 5.74) is 0.912. The highest BCUT2D eigenvalue weighted by Crippen LogP contribution is 2.41. The topological polar surface area (TPSA) is 66.4 Å². The largest absolute Gasteiger partial charge is 0.481 e. The Balaban J connectivity index is 1.52. The van der Waals surface area contributed by atoms with Crippen molar-refractivity contribution in [2.75, 3.05) is 0 Å². The first-order valence-electron chi connectivity index (χ1n) is 7.33. The predicted octanol–water partition coefficient (Wildman–Crippen LogP) is 2.30. The average molecular weight is 291 g/mol. The van der Waals surface area contributed by atoms with Crippen molar-refractivity contribution in [2.45, 2.75) is 37.6 Å². The van der Waals surface area contributed by atoms with Crippen LogP contribution in [-0.4, -0.2) is 23.0 Å². The molecule has 0 unspecified atom stereocenters. The van der Waals surface area contributed by atoms with E-state index in [4.69, 9.17) is 5.11 Å². The van der Waals surface area contributed by atoms with Crippen molar-refractivity contribution in [3.8, 4) is 0 Å². The molecular formula is C16H18FNO3. The zero-order valence-corrected chi connectivity index (χ0v) is 11.6. The summed E-state index contributed by atoms with van der Waals surface area (Å²) in [6, 6.07) is 6.52. The molecular weight excluding hydrogens is 273 g/mol. The van der Waals surface area contributed by atoms with Crippen LogP contribution in [0.5, 0.6) is 0 Å². The van der Waals surface area contributed by atoms with E-state index in [0.29, 0.717) is 19.3 Å². The fourth-order valence-electron chi connectivity index (χ4n) is 3.20. The van der Waals surface area contributed by atoms with Crippen molar-refractivity contribution in [1.29, 1.82) is 0 Å². The van der Waals surface area contributed by atoms with E-state index in [0.717, 1.165) is 12.0 Å². The van der Waals surface area contributed by atoms with E-state index in [9.17, 15) is 14.0 Å². The third kappa shape index (κ3) is 3.06. The second-order valence-corrected chi connectivity index (χ2v) is 6.06. The number of nitrogens with one attached hydrogen (secondary N) is 1. The standard InChI is InChI=1S/C16H18FNO3/c17-12-3-1-2-9(7-12)13-8-14(13)18-15(19)10-4-5-11(6-10)16(20)21/h1-3,7,10-11,13-14H,4-6,8H2,(H,18,19)(H,20,21)/t10-,11+,13-,14+/m0/s1. The minimum absolute atomic E-state index is 0.0531. The van der Waals surface area contributed by atoms with E-state index < -0.39 is 5.97 Å². The van der Waals surface area contributed by atoms with Crippen LogP contribution >= 0.6 is 0 Å². The average Bonchev–Trinajstić information content (AvgIpc) is 3.01. The van der Waals surface area contributed by atoms with Gasteiger partial charge in [0.15, 0.2) is 0 Å². The van der Waals surface area contributed by atoms with E-state index in [1.165, 1.54) is 12.1 Å². The number of carbonyl (C=O) groups excluding carboxylic acids is 1. The lowest BCUT2D eigenvalue weighted by atomic mass is 10.0. The Kier molecular flexibility index (Phi) is 3.66. The van der Waals surface area contributed by atoms with Gasteiger partial charge in [-0.1, -0.05) is 12.1 Å². The Labute approximate surface area is 122 Å². The molecule has 1 amide bonds. The monoisotopic (exact) mass is 291 g/mol. The lowest BCUT2D eigenvalue weighted by molar-refractivity contribution is -0.141. The number of carbonyl (C=O) groups is 2. The highest BCUT2D eigenvalue weighted by molar-refractivity contribution is 5.81. The quantitative estimate of drug-likeness (QED) is 0.894. The van der Waals surface area contributed by atoms with Gasteiger partial charge in [0.2, 0.25) is 5.91 Å². The van der Waals surface area contributed by atoms with Gasteiger partial charge in [0.1, 0.15) is 5.82 Å². The highest BCUT2D eigenvalue weighted by Gasteiger charge is 2.42. The fraction of sp³-hybridized carbons (Fsp3) is 0.500. The van der Waals surface area contributed by atoms with Gasteiger partial charge >= 0.3 is 5.97 Å². The van der Waals surface area contributed by atoms with Crippen molar-refractivity contribution >= 4 is 11.9 Å². The number of hydrogen-bond donors (Lipinski definition) is 2. The number of carboxylic acid groups (broad SMARTS) is 1. The summed E-state index contributed by atoms with van der Waals surface area (Å²) in [5.74, 6) is -1.53. The first-order valence-corrected chi connectivity index (χ1v) is 7.33. The second-order valence-electron chi connectivity index (χ2n) is 6.06. The lowest BCUT2D eigenvalue weighted by Crippen LogP contribution is -2.32. The van der Waals surface area contributed by atoms with Crippen LogP contribution in [0.1, 0.15) is 37.2 Å². The number of benzene rings is 1. The van der Waals surface area contributed by atoms with Crippen LogP contribution in [0.15, 0.2) is 24.3 Å². The first-order chi connectivity index (χ1) is 10.0. The number of aliphatic carboxylic acids is 1. The van der Waals surface area contributed by atoms with Gasteiger partial charge in [0, 0.05) is 17.9 Å². The van der Waals surface area contributed by atoms with Crippen molar-refractivity contribution in [2.24, 2.45) is 11.8 Å². The molecule has 0 bridgehead atoms. The van der Waals surface area contributed by atoms with E-state index >= 15 is 0 Å². The molecule has 0 aliphatic heterocycles. The summed E-state index contributed by atoms with van der Waals surface area (Å²) in [5, 5.41) is 11.9. The third-order valence-corrected chi connectivity index (χ3v) is 4.55. The molecule has 0 aromatic heterocycles. The van der Waals surface area contributed by atoms with E-state index in [1.807, 2.05) is 6.07 Å². The number of hydrogen-bond acceptors (Lipinski definition) is 2. The SMILES string of the molecule is O=C(O)[C@@H]1CC[C@H](C(=O)N[C@@H]2C[C@H]2c2cccc(F)c2)C1. The van der Waals surface area contributed by atoms with E-state index in [-0.39, 0.29) is 35.5 Å². The van der Waals surface area contributed by atoms with Gasteiger partial charge in [-0.25, -0.2) is 4.39 Å². The second kappa shape index (κ2) is 5.47. The van der Waals surface area contributed by atoms with Crippen molar-refractivity contribution < 1.29 is 19.1 Å². The van der Waals surface area contributed by atoms with Gasteiger partial charge in [-0.3, -0.25) is 9.59 Å². The van der Waals surface area contributed by atoms with Gasteiger partial charge in [-0.05, 0) is 43.4 Å². The smallest absolute Gasteiger partial charge is 0.306 e. The molecule has 0 heterocycles. The van der Waals surface area contributed by atoms with Crippen molar-refractivity contribution in [1.82, 2.24) is 5.32 Å². The number of carboxylic acids is 1. The molecule has 0 radical (unpaired) electrons. The van der Waals surface area contributed by atoms with Gasteiger partial charge in [0.25, 0.3) is 0 Å². The molecule has 1 aromatic carbocycles. The Morgan fingerprint density at radius 1 is 1.19 bits per heavy atom. The third-order valence-electron chi connectivity index (χ3n) is 4.55. The zero-order valence-electron chi connectivity index (χ0n) is 11.6. The Morgan fingerprint density at radius 3 is 2.62 bits per heavy atom. The molecule has 0 saturated heterocycles. The van der Waals surface area contributed by atoms with Crippen molar-refractivity contribution in [3.05, 3.63) is 35.6 Å². The molecule has 1 aromatic rings. The van der Waals surface area contributed by atoms with Crippen LogP contribution < -0.4 is 5.32 Å². The fourth-order valence-corrected chi connectivity index (χ4v) is 3.20. The summed E-state index contributed by atoms with van der Waals surface area (Å²) in [6.45, 7) is 0. The van der Waals surface area contributed by atoms with E-state index in [2.05, 4.69) is 5.32 Å². The maximum Gasteiger partial charge on any atom is 0.306 e. The molecule has 4 nitrogen and oxygen atoms in total. The molecule has 112 valence electrons. The Bertz CT molecular complexity index is 574. The maximum absolute atomic E-state index is 13.2. The molecule has 2 fully saturated rings. The molecule has 4 atom stereocenters. The van der Waals surface area contributed by atoms with Crippen LogP contribution in [0.4, 0.5) is 4.39 Å². The normalized spacial score (nSPS) is 30.9. The molecule has 0 spiro atoms. The van der Waals surface area contributed by atoms with Gasteiger partial charge < -0.3 is 10.4 Å². The lowest BCUT2D eigenvalue weighted by Gasteiger charge is -2.10. The van der Waals surface area contributed by atoms with Crippen LogP contribution in [0, 0.1) is 17.7 Å². The van der Waals surface area contributed by atoms with Crippen molar-refractivity contribution in [3.63, 3.8) is 0 Å².